The third-order valence-corrected chi connectivity index (χ3v) is 9.65. The maximum atomic E-state index is 13.0. The van der Waals surface area contributed by atoms with E-state index in [-0.39, 0.29) is 14.9 Å². The van der Waals surface area contributed by atoms with Gasteiger partial charge in [0.15, 0.2) is 0 Å². The van der Waals surface area contributed by atoms with Gasteiger partial charge in [-0.05, 0) is 74.6 Å². The summed E-state index contributed by atoms with van der Waals surface area (Å²) in [6.45, 7) is 1.65. The molecular weight excluding hydrogens is 527 g/mol. The van der Waals surface area contributed by atoms with Crippen LogP contribution in [0.25, 0.3) is 11.0 Å². The molecule has 1 atom stereocenters. The first kappa shape index (κ1) is 21.6. The number of phenols is 1. The van der Waals surface area contributed by atoms with Crippen LogP contribution in [0.2, 0.25) is 0 Å². The van der Waals surface area contributed by atoms with E-state index >= 15 is 0 Å². The zero-order chi connectivity index (χ0) is 22.6. The van der Waals surface area contributed by atoms with Crippen LogP contribution >= 0.6 is 22.6 Å². The van der Waals surface area contributed by atoms with E-state index < -0.39 is 0 Å². The van der Waals surface area contributed by atoms with Crippen molar-refractivity contribution in [3.8, 4) is 5.75 Å². The molecule has 0 bridgehead atoms. The molecule has 0 unspecified atom stereocenters. The highest BCUT2D eigenvalue weighted by molar-refractivity contribution is 14.1. The van der Waals surface area contributed by atoms with E-state index in [4.69, 9.17) is 5.10 Å². The average molecular weight is 558 g/mol. The Morgan fingerprint density at radius 1 is 1.12 bits per heavy atom. The molecule has 2 aliphatic carbocycles. The number of aromatic hydroxyl groups is 1. The molecule has 1 saturated carbocycles. The monoisotopic (exact) mass is 558 g/mol. The van der Waals surface area contributed by atoms with Gasteiger partial charge < -0.3 is 10.1 Å². The van der Waals surface area contributed by atoms with Gasteiger partial charge in [0.1, 0.15) is 11.4 Å². The van der Waals surface area contributed by atoms with Crippen LogP contribution in [-0.2, 0) is 19.4 Å². The molecule has 33 heavy (non-hydrogen) atoms. The zero-order valence-corrected chi connectivity index (χ0v) is 21.1. The fraction of sp³-hybridized carbons (Fsp3) is 0.538. The second-order valence-corrected chi connectivity index (χ2v) is 12.0. The SMILES string of the molecule is O=c1[nH]c2c(c([C@H]3CCCN3C3(I)CCCC3)nn2Cc2cccc(O)c2)c2c1CCCC2. The van der Waals surface area contributed by atoms with Gasteiger partial charge >= 0.3 is 0 Å². The minimum absolute atomic E-state index is 0.0465. The standard InChI is InChI=1S/C26H31IN4O2/c27-26(12-3-4-13-26)30-14-6-11-21(30)23-22-19-9-1-2-10-20(19)25(33)28-24(22)31(29-23)16-17-7-5-8-18(32)15-17/h5,7-8,15,21,32H,1-4,6,9-14,16H2,(H,28,33)/t21-/m1/s1. The van der Waals surface area contributed by atoms with Gasteiger partial charge in [-0.15, -0.1) is 0 Å². The van der Waals surface area contributed by atoms with Gasteiger partial charge in [-0.25, -0.2) is 4.68 Å². The van der Waals surface area contributed by atoms with E-state index in [1.165, 1.54) is 43.1 Å². The normalized spacial score (nSPS) is 22.8. The molecule has 2 fully saturated rings. The fourth-order valence-electron chi connectivity index (χ4n) is 6.43. The van der Waals surface area contributed by atoms with E-state index in [0.29, 0.717) is 12.6 Å². The molecule has 1 aromatic carbocycles. The lowest BCUT2D eigenvalue weighted by Crippen LogP contribution is -2.41. The summed E-state index contributed by atoms with van der Waals surface area (Å²) in [4.78, 5) is 19.0. The summed E-state index contributed by atoms with van der Waals surface area (Å²) < 4.78 is 2.20. The summed E-state index contributed by atoms with van der Waals surface area (Å²) in [6.07, 6.45) is 11.5. The Balaban J connectivity index is 1.53. The third kappa shape index (κ3) is 3.71. The molecule has 6 rings (SSSR count). The molecule has 1 aliphatic heterocycles. The van der Waals surface area contributed by atoms with Crippen molar-refractivity contribution in [2.75, 3.05) is 6.54 Å². The van der Waals surface area contributed by atoms with Crippen molar-refractivity contribution in [1.82, 2.24) is 19.7 Å². The van der Waals surface area contributed by atoms with Crippen molar-refractivity contribution in [1.29, 1.82) is 0 Å². The summed E-state index contributed by atoms with van der Waals surface area (Å²) in [6, 6.07) is 7.63. The Morgan fingerprint density at radius 2 is 1.91 bits per heavy atom. The smallest absolute Gasteiger partial charge is 0.253 e. The van der Waals surface area contributed by atoms with Crippen molar-refractivity contribution in [2.45, 2.75) is 80.3 Å². The molecule has 2 N–H and O–H groups in total. The second kappa shape index (κ2) is 8.41. The number of aromatic amines is 1. The number of alkyl halides is 1. The molecule has 2 aromatic heterocycles. The number of hydrogen-bond acceptors (Lipinski definition) is 4. The van der Waals surface area contributed by atoms with Crippen LogP contribution in [0, 0.1) is 0 Å². The number of H-pyrrole nitrogens is 1. The Labute approximate surface area is 207 Å². The maximum Gasteiger partial charge on any atom is 0.253 e. The summed E-state index contributed by atoms with van der Waals surface area (Å²) in [5, 5.41) is 16.4. The number of hydrogen-bond donors (Lipinski definition) is 2. The molecule has 3 heterocycles. The number of aromatic nitrogens is 3. The highest BCUT2D eigenvalue weighted by Gasteiger charge is 2.44. The predicted octanol–water partition coefficient (Wildman–Crippen LogP) is 5.20. The van der Waals surface area contributed by atoms with Crippen LogP contribution in [0.15, 0.2) is 29.1 Å². The summed E-state index contributed by atoms with van der Waals surface area (Å²) in [5.41, 5.74) is 5.23. The van der Waals surface area contributed by atoms with Crippen LogP contribution in [0.5, 0.6) is 5.75 Å². The molecule has 3 aromatic rings. The molecule has 0 amide bonds. The zero-order valence-electron chi connectivity index (χ0n) is 18.9. The summed E-state index contributed by atoms with van der Waals surface area (Å²) >= 11 is 2.72. The number of aryl methyl sites for hydroxylation is 1. The highest BCUT2D eigenvalue weighted by Crippen LogP contribution is 2.49. The molecule has 7 heteroatoms. The van der Waals surface area contributed by atoms with Crippen molar-refractivity contribution in [3.63, 3.8) is 0 Å². The first-order chi connectivity index (χ1) is 16.0. The molecule has 3 aliphatic rings. The van der Waals surface area contributed by atoms with Crippen LogP contribution in [0.1, 0.15) is 79.8 Å². The quantitative estimate of drug-likeness (QED) is 0.262. The number of phenolic OH excluding ortho intramolecular Hbond substituents is 1. The molecule has 1 saturated heterocycles. The number of likely N-dealkylation sites (tertiary alicyclic amines) is 1. The highest BCUT2D eigenvalue weighted by atomic mass is 127. The number of pyridine rings is 1. The molecule has 0 spiro atoms. The fourth-order valence-corrected chi connectivity index (χ4v) is 7.77. The van der Waals surface area contributed by atoms with Crippen molar-refractivity contribution in [3.05, 3.63) is 57.0 Å². The van der Waals surface area contributed by atoms with Gasteiger partial charge in [-0.2, -0.15) is 5.10 Å². The first-order valence-electron chi connectivity index (χ1n) is 12.4. The number of nitrogens with one attached hydrogen (secondary N) is 1. The Bertz CT molecular complexity index is 1260. The topological polar surface area (TPSA) is 74.2 Å². The Hall–Kier alpha value is -1.87. The van der Waals surface area contributed by atoms with E-state index in [1.54, 1.807) is 12.1 Å². The minimum Gasteiger partial charge on any atom is -0.508 e. The van der Waals surface area contributed by atoms with Crippen LogP contribution < -0.4 is 5.56 Å². The number of halogens is 1. The number of fused-ring (bicyclic) bond motifs is 3. The van der Waals surface area contributed by atoms with Gasteiger partial charge in [0.25, 0.3) is 5.56 Å². The second-order valence-electron chi connectivity index (χ2n) is 10.0. The molecule has 0 radical (unpaired) electrons. The first-order valence-corrected chi connectivity index (χ1v) is 13.5. The minimum atomic E-state index is 0.0465. The maximum absolute atomic E-state index is 13.0. The largest absolute Gasteiger partial charge is 0.508 e. The van der Waals surface area contributed by atoms with Crippen LogP contribution in [0.3, 0.4) is 0 Å². The summed E-state index contributed by atoms with van der Waals surface area (Å²) in [7, 11) is 0. The predicted molar refractivity (Wildman–Crippen MR) is 138 cm³/mol. The van der Waals surface area contributed by atoms with Gasteiger partial charge in [0, 0.05) is 17.5 Å². The van der Waals surface area contributed by atoms with E-state index in [2.05, 4.69) is 32.5 Å². The molecule has 174 valence electrons. The van der Waals surface area contributed by atoms with E-state index in [1.807, 2.05) is 16.8 Å². The van der Waals surface area contributed by atoms with Gasteiger partial charge in [0.05, 0.1) is 21.8 Å². The summed E-state index contributed by atoms with van der Waals surface area (Å²) in [5.74, 6) is 0.255. The number of nitrogens with zero attached hydrogens (tertiary/aromatic N) is 3. The van der Waals surface area contributed by atoms with Gasteiger partial charge in [-0.3, -0.25) is 9.69 Å². The van der Waals surface area contributed by atoms with Crippen LogP contribution in [0.4, 0.5) is 0 Å². The van der Waals surface area contributed by atoms with E-state index in [0.717, 1.165) is 61.1 Å². The van der Waals surface area contributed by atoms with Crippen molar-refractivity contribution >= 4 is 33.6 Å². The third-order valence-electron chi connectivity index (χ3n) is 7.95. The van der Waals surface area contributed by atoms with Crippen molar-refractivity contribution in [2.24, 2.45) is 0 Å². The lowest BCUT2D eigenvalue weighted by Gasteiger charge is -2.37. The number of rotatable bonds is 4. The molecular formula is C26H31IN4O2. The van der Waals surface area contributed by atoms with Crippen LogP contribution in [-0.4, -0.2) is 34.9 Å². The Morgan fingerprint density at radius 3 is 2.70 bits per heavy atom. The van der Waals surface area contributed by atoms with E-state index in [9.17, 15) is 9.90 Å². The molecule has 6 nitrogen and oxygen atoms in total. The average Bonchev–Trinajstić information content (AvgIpc) is 3.54. The van der Waals surface area contributed by atoms with Crippen molar-refractivity contribution < 1.29 is 5.11 Å². The Kier molecular flexibility index (Phi) is 5.52. The van der Waals surface area contributed by atoms with Gasteiger partial charge in [0.2, 0.25) is 0 Å². The lowest BCUT2D eigenvalue weighted by atomic mass is 9.89. The number of benzene rings is 1. The van der Waals surface area contributed by atoms with Gasteiger partial charge in [-0.1, -0.05) is 47.6 Å². The lowest BCUT2D eigenvalue weighted by molar-refractivity contribution is 0.167.